The Hall–Kier alpha value is -0.220. The minimum Gasteiger partial charge on any atom is -0.369 e. The number of pyridine rings is 1. The standard InChI is InChI=1S/C10H13BrN2S/c1-14-10(3-4-10)7-13-9-6-8(11)2-5-12-9/h2,5-6H,3-4,7H2,1H3,(H,12,13). The predicted octanol–water partition coefficient (Wildman–Crippen LogP) is 3.15. The van der Waals surface area contributed by atoms with Gasteiger partial charge in [0.15, 0.2) is 0 Å². The number of rotatable bonds is 4. The molecule has 76 valence electrons. The van der Waals surface area contributed by atoms with Crippen LogP contribution in [0.2, 0.25) is 0 Å². The number of nitrogens with one attached hydrogen (secondary N) is 1. The van der Waals surface area contributed by atoms with E-state index in [9.17, 15) is 0 Å². The monoisotopic (exact) mass is 272 g/mol. The molecule has 0 amide bonds. The molecule has 1 N–H and O–H groups in total. The van der Waals surface area contributed by atoms with Gasteiger partial charge >= 0.3 is 0 Å². The first-order valence-electron chi connectivity index (χ1n) is 4.65. The molecule has 14 heavy (non-hydrogen) atoms. The van der Waals surface area contributed by atoms with Gasteiger partial charge in [-0.3, -0.25) is 0 Å². The lowest BCUT2D eigenvalue weighted by molar-refractivity contribution is 0.940. The van der Waals surface area contributed by atoms with E-state index in [-0.39, 0.29) is 0 Å². The van der Waals surface area contributed by atoms with Gasteiger partial charge < -0.3 is 5.32 Å². The van der Waals surface area contributed by atoms with Crippen molar-refractivity contribution in [3.63, 3.8) is 0 Å². The molecule has 0 radical (unpaired) electrons. The van der Waals surface area contributed by atoms with E-state index < -0.39 is 0 Å². The molecule has 1 fully saturated rings. The number of aromatic nitrogens is 1. The first-order chi connectivity index (χ1) is 6.74. The van der Waals surface area contributed by atoms with Gasteiger partial charge in [0, 0.05) is 22.0 Å². The first-order valence-corrected chi connectivity index (χ1v) is 6.66. The molecule has 0 saturated heterocycles. The van der Waals surface area contributed by atoms with Gasteiger partial charge in [-0.2, -0.15) is 11.8 Å². The number of hydrogen-bond donors (Lipinski definition) is 1. The summed E-state index contributed by atoms with van der Waals surface area (Å²) >= 11 is 5.39. The van der Waals surface area contributed by atoms with Crippen molar-refractivity contribution in [2.75, 3.05) is 18.1 Å². The van der Waals surface area contributed by atoms with Gasteiger partial charge in [0.25, 0.3) is 0 Å². The van der Waals surface area contributed by atoms with Gasteiger partial charge in [0.1, 0.15) is 5.82 Å². The van der Waals surface area contributed by atoms with Crippen LogP contribution in [0.1, 0.15) is 12.8 Å². The Morgan fingerprint density at radius 3 is 3.00 bits per heavy atom. The van der Waals surface area contributed by atoms with Crippen molar-refractivity contribution in [1.82, 2.24) is 4.98 Å². The van der Waals surface area contributed by atoms with E-state index in [1.165, 1.54) is 12.8 Å². The molecule has 0 unspecified atom stereocenters. The number of hydrogen-bond acceptors (Lipinski definition) is 3. The highest BCUT2D eigenvalue weighted by Gasteiger charge is 2.41. The highest BCUT2D eigenvalue weighted by molar-refractivity contribution is 9.10. The van der Waals surface area contributed by atoms with Crippen LogP contribution in [0.5, 0.6) is 0 Å². The average Bonchev–Trinajstić information content (AvgIpc) is 2.96. The first kappa shape index (κ1) is 10.3. The van der Waals surface area contributed by atoms with Crippen LogP contribution in [0.4, 0.5) is 5.82 Å². The molecule has 1 aromatic rings. The van der Waals surface area contributed by atoms with Crippen LogP contribution in [0.15, 0.2) is 22.8 Å². The zero-order chi connectivity index (χ0) is 10.0. The van der Waals surface area contributed by atoms with Crippen molar-refractivity contribution in [2.24, 2.45) is 0 Å². The molecule has 1 aliphatic rings. The van der Waals surface area contributed by atoms with Crippen LogP contribution < -0.4 is 5.32 Å². The van der Waals surface area contributed by atoms with E-state index >= 15 is 0 Å². The lowest BCUT2D eigenvalue weighted by Gasteiger charge is -2.13. The van der Waals surface area contributed by atoms with E-state index in [0.717, 1.165) is 16.8 Å². The maximum Gasteiger partial charge on any atom is 0.127 e. The Morgan fingerprint density at radius 1 is 1.64 bits per heavy atom. The molecule has 4 heteroatoms. The van der Waals surface area contributed by atoms with Crippen LogP contribution in [0.3, 0.4) is 0 Å². The average molecular weight is 273 g/mol. The van der Waals surface area contributed by atoms with E-state index in [1.807, 2.05) is 30.1 Å². The minimum atomic E-state index is 0.490. The van der Waals surface area contributed by atoms with Crippen LogP contribution in [-0.2, 0) is 0 Å². The quantitative estimate of drug-likeness (QED) is 0.912. The summed E-state index contributed by atoms with van der Waals surface area (Å²) in [5.74, 6) is 0.958. The zero-order valence-electron chi connectivity index (χ0n) is 8.09. The van der Waals surface area contributed by atoms with Crippen molar-refractivity contribution in [3.8, 4) is 0 Å². The molecular formula is C10H13BrN2S. The molecule has 1 saturated carbocycles. The fraction of sp³-hybridized carbons (Fsp3) is 0.500. The molecule has 0 bridgehead atoms. The number of halogens is 1. The topological polar surface area (TPSA) is 24.9 Å². The molecule has 0 aliphatic heterocycles. The molecule has 2 rings (SSSR count). The Balaban J connectivity index is 1.92. The minimum absolute atomic E-state index is 0.490. The van der Waals surface area contributed by atoms with Crippen molar-refractivity contribution >= 4 is 33.5 Å². The summed E-state index contributed by atoms with van der Waals surface area (Å²) < 4.78 is 1.56. The van der Waals surface area contributed by atoms with Crippen molar-refractivity contribution in [3.05, 3.63) is 22.8 Å². The van der Waals surface area contributed by atoms with Crippen LogP contribution >= 0.6 is 27.7 Å². The van der Waals surface area contributed by atoms with Gasteiger partial charge in [0.05, 0.1) is 0 Å². The summed E-state index contributed by atoms with van der Waals surface area (Å²) in [6.07, 6.45) is 6.65. The highest BCUT2D eigenvalue weighted by atomic mass is 79.9. The summed E-state index contributed by atoms with van der Waals surface area (Å²) in [7, 11) is 0. The summed E-state index contributed by atoms with van der Waals surface area (Å²) in [6, 6.07) is 3.95. The van der Waals surface area contributed by atoms with E-state index in [1.54, 1.807) is 0 Å². The second kappa shape index (κ2) is 4.11. The lowest BCUT2D eigenvalue weighted by Crippen LogP contribution is -2.17. The lowest BCUT2D eigenvalue weighted by atomic mass is 10.4. The fourth-order valence-corrected chi connectivity index (χ4v) is 2.41. The van der Waals surface area contributed by atoms with Gasteiger partial charge in [-0.25, -0.2) is 4.98 Å². The van der Waals surface area contributed by atoms with Gasteiger partial charge in [-0.05, 0) is 31.2 Å². The summed E-state index contributed by atoms with van der Waals surface area (Å²) in [5, 5.41) is 3.38. The smallest absolute Gasteiger partial charge is 0.127 e. The maximum atomic E-state index is 4.25. The van der Waals surface area contributed by atoms with Crippen molar-refractivity contribution < 1.29 is 0 Å². The molecule has 0 spiro atoms. The maximum absolute atomic E-state index is 4.25. The Morgan fingerprint density at radius 2 is 2.43 bits per heavy atom. The van der Waals surface area contributed by atoms with Gasteiger partial charge in [-0.1, -0.05) is 15.9 Å². The molecule has 1 heterocycles. The van der Waals surface area contributed by atoms with Crippen LogP contribution in [0, 0.1) is 0 Å². The van der Waals surface area contributed by atoms with E-state index in [4.69, 9.17) is 0 Å². The number of anilines is 1. The SMILES string of the molecule is CSC1(CNc2cc(Br)ccn2)CC1. The normalized spacial score (nSPS) is 17.9. The Labute approximate surface area is 97.0 Å². The third-order valence-corrected chi connectivity index (χ3v) is 4.47. The second-order valence-electron chi connectivity index (χ2n) is 3.60. The summed E-state index contributed by atoms with van der Waals surface area (Å²) in [5.41, 5.74) is 0. The molecule has 1 aliphatic carbocycles. The fourth-order valence-electron chi connectivity index (χ4n) is 1.35. The van der Waals surface area contributed by atoms with E-state index in [0.29, 0.717) is 4.75 Å². The summed E-state index contributed by atoms with van der Waals surface area (Å²) in [4.78, 5) is 4.25. The predicted molar refractivity (Wildman–Crippen MR) is 65.9 cm³/mol. The molecule has 0 atom stereocenters. The third kappa shape index (κ3) is 2.42. The third-order valence-electron chi connectivity index (χ3n) is 2.55. The highest BCUT2D eigenvalue weighted by Crippen LogP contribution is 2.46. The van der Waals surface area contributed by atoms with Crippen molar-refractivity contribution in [1.29, 1.82) is 0 Å². The largest absolute Gasteiger partial charge is 0.369 e. The second-order valence-corrected chi connectivity index (χ2v) is 5.79. The van der Waals surface area contributed by atoms with Crippen molar-refractivity contribution in [2.45, 2.75) is 17.6 Å². The van der Waals surface area contributed by atoms with Crippen LogP contribution in [0.25, 0.3) is 0 Å². The van der Waals surface area contributed by atoms with Gasteiger partial charge in [-0.15, -0.1) is 0 Å². The Bertz CT molecular complexity index is 326. The van der Waals surface area contributed by atoms with E-state index in [2.05, 4.69) is 32.5 Å². The molecular weight excluding hydrogens is 260 g/mol. The Kier molecular flexibility index (Phi) is 3.02. The molecule has 1 aromatic heterocycles. The van der Waals surface area contributed by atoms with Crippen LogP contribution in [-0.4, -0.2) is 22.5 Å². The number of nitrogens with zero attached hydrogens (tertiary/aromatic N) is 1. The van der Waals surface area contributed by atoms with Gasteiger partial charge in [0.2, 0.25) is 0 Å². The number of thioether (sulfide) groups is 1. The molecule has 2 nitrogen and oxygen atoms in total. The summed E-state index contributed by atoms with van der Waals surface area (Å²) in [6.45, 7) is 1.03. The molecule has 0 aromatic carbocycles. The zero-order valence-corrected chi connectivity index (χ0v) is 10.5.